The summed E-state index contributed by atoms with van der Waals surface area (Å²) in [4.78, 5) is 2.10. The molecule has 0 amide bonds. The van der Waals surface area contributed by atoms with Crippen LogP contribution in [0.2, 0.25) is 6.32 Å². The molecule has 0 aromatic heterocycles. The van der Waals surface area contributed by atoms with E-state index < -0.39 is 0 Å². The van der Waals surface area contributed by atoms with Gasteiger partial charge in [0, 0.05) is 12.1 Å². The first-order valence-corrected chi connectivity index (χ1v) is 9.24. The van der Waals surface area contributed by atoms with E-state index in [0.717, 1.165) is 36.1 Å². The normalized spacial score (nSPS) is 10.9. The predicted octanol–water partition coefficient (Wildman–Crippen LogP) is 2.85. The number of phenolic OH excluding ortho intramolecular Hbond substituents is 1. The first-order chi connectivity index (χ1) is 12.6. The Kier molecular flexibility index (Phi) is 7.82. The van der Waals surface area contributed by atoms with Crippen molar-refractivity contribution in [2.75, 3.05) is 31.4 Å². The van der Waals surface area contributed by atoms with Crippen LogP contribution in [0.15, 0.2) is 42.5 Å². The molecule has 0 heterocycles. The van der Waals surface area contributed by atoms with Gasteiger partial charge in [0.25, 0.3) is 0 Å². The summed E-state index contributed by atoms with van der Waals surface area (Å²) < 4.78 is 5.91. The van der Waals surface area contributed by atoms with E-state index in [4.69, 9.17) is 4.74 Å². The fourth-order valence-electron chi connectivity index (χ4n) is 2.81. The Bertz CT molecular complexity index is 682. The molecule has 0 saturated heterocycles. The molecule has 0 spiro atoms. The first-order valence-electron chi connectivity index (χ1n) is 9.24. The monoisotopic (exact) mass is 356 g/mol. The van der Waals surface area contributed by atoms with Crippen LogP contribution in [-0.2, 0) is 6.42 Å². The van der Waals surface area contributed by atoms with Gasteiger partial charge < -0.3 is 9.84 Å². The molecule has 0 aliphatic rings. The summed E-state index contributed by atoms with van der Waals surface area (Å²) >= 11 is 0. The third-order valence-electron chi connectivity index (χ3n) is 4.52. The maximum absolute atomic E-state index is 10.3. The molecule has 26 heavy (non-hydrogen) atoms. The Hall–Kier alpha value is -2.18. The first kappa shape index (κ1) is 20.1. The van der Waals surface area contributed by atoms with E-state index in [0.29, 0.717) is 31.3 Å². The lowest BCUT2D eigenvalue weighted by Gasteiger charge is -2.25. The number of nitrogens with zero attached hydrogens (tertiary/aromatic N) is 2. The molecule has 0 radical (unpaired) electrons. The molecule has 2 aromatic carbocycles. The van der Waals surface area contributed by atoms with Crippen LogP contribution >= 0.6 is 0 Å². The molecule has 6 heteroatoms. The van der Waals surface area contributed by atoms with Crippen molar-refractivity contribution in [3.63, 3.8) is 0 Å². The molecule has 2 N–H and O–H groups in total. The van der Waals surface area contributed by atoms with Gasteiger partial charge in [-0.1, -0.05) is 37.5 Å². The molecule has 0 saturated carbocycles. The van der Waals surface area contributed by atoms with Gasteiger partial charge in [0.05, 0.1) is 12.2 Å². The van der Waals surface area contributed by atoms with Crippen molar-refractivity contribution >= 4 is 13.5 Å². The van der Waals surface area contributed by atoms with Crippen molar-refractivity contribution in [1.29, 1.82) is 0 Å². The Morgan fingerprint density at radius 3 is 2.46 bits per heavy atom. The number of rotatable bonds is 10. The highest BCUT2D eigenvalue weighted by Crippen LogP contribution is 2.31. The topological polar surface area (TPSA) is 56.2 Å². The summed E-state index contributed by atoms with van der Waals surface area (Å²) in [6.45, 7) is 6.31. The highest BCUT2D eigenvalue weighted by Gasteiger charge is 2.12. The summed E-state index contributed by atoms with van der Waals surface area (Å²) in [6.07, 6.45) is 1.86. The average Bonchev–Trinajstić information content (AvgIpc) is 2.67. The molecule has 2 rings (SSSR count). The molecule has 0 unspecified atom stereocenters. The number of anilines is 1. The largest absolute Gasteiger partial charge is 0.507 e. The lowest BCUT2D eigenvalue weighted by Crippen LogP contribution is -2.36. The smallest absolute Gasteiger partial charge is 0.142 e. The third-order valence-corrected chi connectivity index (χ3v) is 4.52. The van der Waals surface area contributed by atoms with Gasteiger partial charge in [0.1, 0.15) is 26.1 Å². The number of ether oxygens (including phenoxy) is 1. The minimum atomic E-state index is 0.331. The van der Waals surface area contributed by atoms with E-state index in [-0.39, 0.29) is 0 Å². The Morgan fingerprint density at radius 2 is 1.81 bits per heavy atom. The van der Waals surface area contributed by atoms with Crippen LogP contribution in [0.1, 0.15) is 18.1 Å². The van der Waals surface area contributed by atoms with Gasteiger partial charge in [-0.25, -0.2) is 0 Å². The number of aryl methyl sites for hydroxylation is 1. The van der Waals surface area contributed by atoms with Crippen LogP contribution in [-0.4, -0.2) is 49.4 Å². The molecular weight excluding hydrogens is 327 g/mol. The van der Waals surface area contributed by atoms with Gasteiger partial charge in [-0.05, 0) is 43.7 Å². The Morgan fingerprint density at radius 1 is 1.08 bits per heavy atom. The number of hydrogen-bond acceptors (Lipinski definition) is 5. The van der Waals surface area contributed by atoms with E-state index in [1.807, 2.05) is 49.4 Å². The molecule has 5 nitrogen and oxygen atoms in total. The molecular formula is C20H29BN2O3. The Labute approximate surface area is 157 Å². The number of likely N-dealkylation sites (N-methyl/N-ethyl adjacent to an activating group) is 1. The van der Waals surface area contributed by atoms with Crippen LogP contribution in [0.5, 0.6) is 11.5 Å². The third kappa shape index (κ3) is 5.41. The summed E-state index contributed by atoms with van der Waals surface area (Å²) in [5, 5.41) is 21.7. The maximum atomic E-state index is 10.3. The quantitative estimate of drug-likeness (QED) is 0.390. The summed E-state index contributed by atoms with van der Waals surface area (Å²) in [5.74, 6) is 1.03. The van der Waals surface area contributed by atoms with Crippen molar-refractivity contribution in [2.24, 2.45) is 0 Å². The second kappa shape index (κ2) is 10.1. The second-order valence-electron chi connectivity index (χ2n) is 6.39. The zero-order chi connectivity index (χ0) is 18.9. The van der Waals surface area contributed by atoms with Gasteiger partial charge in [-0.2, -0.15) is 0 Å². The van der Waals surface area contributed by atoms with E-state index in [1.165, 1.54) is 5.06 Å². The van der Waals surface area contributed by atoms with Crippen LogP contribution in [0.3, 0.4) is 0 Å². The molecule has 0 aliphatic carbocycles. The van der Waals surface area contributed by atoms with Gasteiger partial charge in [-0.3, -0.25) is 15.2 Å². The molecule has 0 bridgehead atoms. The minimum absolute atomic E-state index is 0.331. The van der Waals surface area contributed by atoms with Crippen molar-refractivity contribution in [2.45, 2.75) is 26.6 Å². The molecule has 2 aromatic rings. The number of hydroxylamine groups is 1. The lowest BCUT2D eigenvalue weighted by atomic mass is 9.95. The van der Waals surface area contributed by atoms with Crippen molar-refractivity contribution in [3.8, 4) is 11.5 Å². The fourth-order valence-corrected chi connectivity index (χ4v) is 2.81. The second-order valence-corrected chi connectivity index (χ2v) is 6.39. The van der Waals surface area contributed by atoms with Crippen LogP contribution in [0.4, 0.5) is 5.69 Å². The molecule has 0 fully saturated rings. The maximum Gasteiger partial charge on any atom is 0.142 e. The summed E-state index contributed by atoms with van der Waals surface area (Å²) in [6, 6.07) is 13.3. The van der Waals surface area contributed by atoms with E-state index in [1.54, 1.807) is 0 Å². The van der Waals surface area contributed by atoms with Gasteiger partial charge in [0.2, 0.25) is 0 Å². The predicted molar refractivity (Wildman–Crippen MR) is 108 cm³/mol. The summed E-state index contributed by atoms with van der Waals surface area (Å²) in [7, 11) is 2.10. The average molecular weight is 356 g/mol. The van der Waals surface area contributed by atoms with Crippen molar-refractivity contribution in [1.82, 2.24) is 4.90 Å². The minimum Gasteiger partial charge on any atom is -0.507 e. The highest BCUT2D eigenvalue weighted by atomic mass is 16.5. The van der Waals surface area contributed by atoms with E-state index >= 15 is 0 Å². The lowest BCUT2D eigenvalue weighted by molar-refractivity contribution is 0.123. The van der Waals surface area contributed by atoms with Crippen LogP contribution < -0.4 is 9.80 Å². The zero-order valence-electron chi connectivity index (χ0n) is 16.0. The van der Waals surface area contributed by atoms with Crippen molar-refractivity contribution in [3.05, 3.63) is 53.6 Å². The number of aromatic hydroxyl groups is 1. The van der Waals surface area contributed by atoms with Crippen molar-refractivity contribution < 1.29 is 15.1 Å². The Balaban J connectivity index is 1.89. The number of hydrogen-bond donors (Lipinski definition) is 2. The molecule has 140 valence electrons. The van der Waals surface area contributed by atoms with Gasteiger partial charge >= 0.3 is 0 Å². The zero-order valence-corrected chi connectivity index (χ0v) is 16.0. The van der Waals surface area contributed by atoms with Crippen LogP contribution in [0.25, 0.3) is 0 Å². The number of para-hydroxylation sites is 1. The standard InChI is InChI=1S/C20H29BN2O3/c1-3-22(13-14-23(25)18-7-5-4-6-8-18)15-26-19-10-9-17(11-12-21)20(24)16(19)2/h4-10,24-25H,3,11-15,21H2,1-2H3. The number of benzene rings is 2. The highest BCUT2D eigenvalue weighted by molar-refractivity contribution is 6.08. The van der Waals surface area contributed by atoms with Gasteiger partial charge in [0.15, 0.2) is 0 Å². The molecule has 0 atom stereocenters. The van der Waals surface area contributed by atoms with E-state index in [9.17, 15) is 10.3 Å². The van der Waals surface area contributed by atoms with Crippen LogP contribution in [0, 0.1) is 6.92 Å². The number of phenols is 1. The fraction of sp³-hybridized carbons (Fsp3) is 0.400. The molecule has 0 aliphatic heterocycles. The summed E-state index contributed by atoms with van der Waals surface area (Å²) in [5.41, 5.74) is 2.51. The van der Waals surface area contributed by atoms with Gasteiger partial charge in [-0.15, -0.1) is 0 Å². The SMILES string of the molecule is BCCc1ccc(OCN(CC)CCN(O)c2ccccc2)c(C)c1O. The van der Waals surface area contributed by atoms with E-state index in [2.05, 4.69) is 19.7 Å².